The molecular formula is C13H15N5O6. The molecule has 0 bridgehead atoms. The Morgan fingerprint density at radius 3 is 2.79 bits per heavy atom. The van der Waals surface area contributed by atoms with E-state index in [9.17, 15) is 15.0 Å². The van der Waals surface area contributed by atoms with Gasteiger partial charge in [-0.3, -0.25) is 4.57 Å². The molecule has 2 aliphatic heterocycles. The van der Waals surface area contributed by atoms with Crippen LogP contribution in [0.5, 0.6) is 0 Å². The molecule has 11 nitrogen and oxygen atoms in total. The Morgan fingerprint density at radius 2 is 2.04 bits per heavy atom. The van der Waals surface area contributed by atoms with Crippen molar-refractivity contribution in [3.63, 3.8) is 0 Å². The molecule has 4 rings (SSSR count). The number of ether oxygens (including phenoxy) is 2. The van der Waals surface area contributed by atoms with Crippen molar-refractivity contribution in [3.8, 4) is 0 Å². The first-order valence-electron chi connectivity index (χ1n) is 7.30. The maximum Gasteiger partial charge on any atom is 0.332 e. The van der Waals surface area contributed by atoms with Gasteiger partial charge in [-0.05, 0) is 0 Å². The summed E-state index contributed by atoms with van der Waals surface area (Å²) in [7, 11) is 0. The monoisotopic (exact) mass is 337 g/mol. The summed E-state index contributed by atoms with van der Waals surface area (Å²) >= 11 is 0. The maximum atomic E-state index is 11.1. The van der Waals surface area contributed by atoms with Crippen LogP contribution in [0.15, 0.2) is 12.7 Å². The van der Waals surface area contributed by atoms with Gasteiger partial charge in [0.25, 0.3) is 0 Å². The van der Waals surface area contributed by atoms with Gasteiger partial charge >= 0.3 is 5.97 Å². The van der Waals surface area contributed by atoms with Crippen LogP contribution < -0.4 is 5.73 Å². The number of aliphatic hydroxyl groups excluding tert-OH is 2. The first-order valence-corrected chi connectivity index (χ1v) is 7.30. The van der Waals surface area contributed by atoms with E-state index in [1.165, 1.54) is 17.2 Å². The largest absolute Gasteiger partial charge is 0.479 e. The molecule has 0 radical (unpaired) electrons. The third-order valence-corrected chi connectivity index (χ3v) is 4.34. The molecule has 0 amide bonds. The first-order chi connectivity index (χ1) is 11.5. The Labute approximate surface area is 134 Å². The van der Waals surface area contributed by atoms with Crippen LogP contribution >= 0.6 is 0 Å². The van der Waals surface area contributed by atoms with Crippen molar-refractivity contribution in [2.75, 3.05) is 5.73 Å². The number of carboxylic acids is 1. The van der Waals surface area contributed by atoms with E-state index >= 15 is 0 Å². The van der Waals surface area contributed by atoms with Gasteiger partial charge in [-0.1, -0.05) is 0 Å². The summed E-state index contributed by atoms with van der Waals surface area (Å²) in [5.41, 5.74) is 6.44. The normalized spacial score (nSPS) is 35.9. The molecule has 2 aliphatic rings. The molecule has 0 unspecified atom stereocenters. The quantitative estimate of drug-likeness (QED) is 0.494. The van der Waals surface area contributed by atoms with Crippen molar-refractivity contribution >= 4 is 23.0 Å². The summed E-state index contributed by atoms with van der Waals surface area (Å²) in [6.45, 7) is 0. The lowest BCUT2D eigenvalue weighted by molar-refractivity contribution is -0.187. The molecule has 24 heavy (non-hydrogen) atoms. The van der Waals surface area contributed by atoms with Gasteiger partial charge in [0, 0.05) is 6.42 Å². The summed E-state index contributed by atoms with van der Waals surface area (Å²) < 4.78 is 12.6. The summed E-state index contributed by atoms with van der Waals surface area (Å²) in [5, 5.41) is 29.7. The smallest absolute Gasteiger partial charge is 0.332 e. The second-order valence-electron chi connectivity index (χ2n) is 5.80. The van der Waals surface area contributed by atoms with Crippen LogP contribution in [0.3, 0.4) is 0 Å². The standard InChI is InChI=1S/C13H15N5O6/c14-10-6-11(16-2-15-10)18(3-17-6)12-7(20)9-8(24-12)4(19)1-5(23-9)13(21)22/h2-5,7-9,12,19-20H,1H2,(H,21,22)(H2,14,15,16)/t4-,5+,7-,8-,9+,12-/m1/s1. The molecule has 128 valence electrons. The minimum absolute atomic E-state index is 0.115. The predicted octanol–water partition coefficient (Wildman–Crippen LogP) is -1.73. The van der Waals surface area contributed by atoms with Crippen LogP contribution in [-0.4, -0.2) is 71.3 Å². The number of carboxylic acid groups (broad SMARTS) is 1. The van der Waals surface area contributed by atoms with Crippen molar-refractivity contribution in [1.29, 1.82) is 0 Å². The van der Waals surface area contributed by atoms with Crippen molar-refractivity contribution < 1.29 is 29.6 Å². The fraction of sp³-hybridized carbons (Fsp3) is 0.538. The fourth-order valence-corrected chi connectivity index (χ4v) is 3.19. The molecule has 2 fully saturated rings. The Morgan fingerprint density at radius 1 is 1.25 bits per heavy atom. The number of carbonyl (C=O) groups is 1. The van der Waals surface area contributed by atoms with E-state index in [0.717, 1.165) is 0 Å². The number of aromatic nitrogens is 4. The molecule has 2 aromatic rings. The van der Waals surface area contributed by atoms with Gasteiger partial charge in [0.1, 0.15) is 30.2 Å². The van der Waals surface area contributed by atoms with Gasteiger partial charge < -0.3 is 30.5 Å². The molecule has 2 saturated heterocycles. The lowest BCUT2D eigenvalue weighted by atomic mass is 9.96. The summed E-state index contributed by atoms with van der Waals surface area (Å²) in [6.07, 6.45) is -3.71. The van der Waals surface area contributed by atoms with E-state index in [0.29, 0.717) is 11.2 Å². The van der Waals surface area contributed by atoms with E-state index in [1.807, 2.05) is 0 Å². The second-order valence-corrected chi connectivity index (χ2v) is 5.80. The number of anilines is 1. The molecule has 0 aromatic carbocycles. The van der Waals surface area contributed by atoms with Crippen LogP contribution in [0, 0.1) is 0 Å². The van der Waals surface area contributed by atoms with Gasteiger partial charge in [-0.2, -0.15) is 0 Å². The summed E-state index contributed by atoms with van der Waals surface area (Å²) in [5.74, 6) is -1.01. The molecule has 0 spiro atoms. The highest BCUT2D eigenvalue weighted by atomic mass is 16.6. The minimum atomic E-state index is -1.21. The van der Waals surface area contributed by atoms with Gasteiger partial charge in [0.05, 0.1) is 12.4 Å². The zero-order valence-electron chi connectivity index (χ0n) is 12.3. The molecule has 2 aromatic heterocycles. The Balaban J connectivity index is 1.68. The van der Waals surface area contributed by atoms with E-state index in [1.54, 1.807) is 0 Å². The maximum absolute atomic E-state index is 11.1. The van der Waals surface area contributed by atoms with Gasteiger partial charge in [0.15, 0.2) is 23.8 Å². The molecular weight excluding hydrogens is 322 g/mol. The molecule has 5 N–H and O–H groups in total. The highest BCUT2D eigenvalue weighted by Gasteiger charge is 2.53. The third-order valence-electron chi connectivity index (χ3n) is 4.34. The van der Waals surface area contributed by atoms with E-state index in [4.69, 9.17) is 20.3 Å². The highest BCUT2D eigenvalue weighted by Crippen LogP contribution is 2.39. The van der Waals surface area contributed by atoms with Crippen LogP contribution in [0.25, 0.3) is 11.2 Å². The average molecular weight is 337 g/mol. The number of hydrogen-bond donors (Lipinski definition) is 4. The van der Waals surface area contributed by atoms with Crippen LogP contribution in [0.2, 0.25) is 0 Å². The number of hydrogen-bond acceptors (Lipinski definition) is 9. The fourth-order valence-electron chi connectivity index (χ4n) is 3.19. The number of nitrogens with zero attached hydrogens (tertiary/aromatic N) is 4. The van der Waals surface area contributed by atoms with Crippen molar-refractivity contribution in [2.24, 2.45) is 0 Å². The summed E-state index contributed by atoms with van der Waals surface area (Å²) in [4.78, 5) is 23.1. The molecule has 6 atom stereocenters. The molecule has 4 heterocycles. The average Bonchev–Trinajstić information content (AvgIpc) is 3.10. The predicted molar refractivity (Wildman–Crippen MR) is 76.6 cm³/mol. The topological polar surface area (TPSA) is 166 Å². The second kappa shape index (κ2) is 5.34. The molecule has 11 heteroatoms. The molecule has 0 aliphatic carbocycles. The number of aliphatic hydroxyl groups is 2. The third kappa shape index (κ3) is 2.13. The van der Waals surface area contributed by atoms with Gasteiger partial charge in [-0.25, -0.2) is 19.7 Å². The van der Waals surface area contributed by atoms with E-state index in [2.05, 4.69) is 15.0 Å². The Hall–Kier alpha value is -2.34. The van der Waals surface area contributed by atoms with Crippen molar-refractivity contribution in [3.05, 3.63) is 12.7 Å². The lowest BCUT2D eigenvalue weighted by Gasteiger charge is -2.33. The van der Waals surface area contributed by atoms with E-state index in [-0.39, 0.29) is 12.2 Å². The number of nitrogens with two attached hydrogens (primary N) is 1. The van der Waals surface area contributed by atoms with Crippen molar-refractivity contribution in [2.45, 2.75) is 43.2 Å². The van der Waals surface area contributed by atoms with Crippen LogP contribution in [0.1, 0.15) is 12.6 Å². The Bertz CT molecular complexity index is 796. The number of aliphatic carboxylic acids is 1. The van der Waals surface area contributed by atoms with Gasteiger partial charge in [-0.15, -0.1) is 0 Å². The SMILES string of the molecule is Nc1ncnc2c1ncn2[C@@H]1O[C@H]2[C@@H](O[C@H](C(=O)O)C[C@H]2O)[C@H]1O. The first kappa shape index (κ1) is 15.2. The lowest BCUT2D eigenvalue weighted by Crippen LogP contribution is -2.51. The van der Waals surface area contributed by atoms with Crippen LogP contribution in [0.4, 0.5) is 5.82 Å². The minimum Gasteiger partial charge on any atom is -0.479 e. The number of nitrogen functional groups attached to an aromatic ring is 1. The van der Waals surface area contributed by atoms with Crippen molar-refractivity contribution in [1.82, 2.24) is 19.5 Å². The number of imidazole rings is 1. The zero-order valence-corrected chi connectivity index (χ0v) is 12.3. The molecule has 0 saturated carbocycles. The number of rotatable bonds is 2. The van der Waals surface area contributed by atoms with Crippen LogP contribution in [-0.2, 0) is 14.3 Å². The summed E-state index contributed by atoms with van der Waals surface area (Å²) in [6, 6.07) is 0. The van der Waals surface area contributed by atoms with E-state index < -0.39 is 42.7 Å². The Kier molecular flexibility index (Phi) is 3.38. The van der Waals surface area contributed by atoms with Gasteiger partial charge in [0.2, 0.25) is 0 Å². The highest BCUT2D eigenvalue weighted by molar-refractivity contribution is 5.81. The zero-order chi connectivity index (χ0) is 17.0. The number of fused-ring (bicyclic) bond motifs is 2.